The van der Waals surface area contributed by atoms with Gasteiger partial charge in [-0.2, -0.15) is 0 Å². The summed E-state index contributed by atoms with van der Waals surface area (Å²) in [6, 6.07) is 5.13. The van der Waals surface area contributed by atoms with Crippen molar-refractivity contribution in [2.24, 2.45) is 5.41 Å². The highest BCUT2D eigenvalue weighted by atomic mass is 16.3. The molecule has 1 N–H and O–H groups in total. The Bertz CT molecular complexity index is 508. The molecule has 20 heavy (non-hydrogen) atoms. The van der Waals surface area contributed by atoms with Crippen molar-refractivity contribution in [3.63, 3.8) is 0 Å². The number of nitrogens with zero attached hydrogens (tertiary/aromatic N) is 1. The Morgan fingerprint density at radius 3 is 2.40 bits per heavy atom. The number of phenolic OH excluding ortho intramolecular Hbond substituents is 1. The summed E-state index contributed by atoms with van der Waals surface area (Å²) in [5, 5.41) is 9.55. The molecule has 0 bridgehead atoms. The second-order valence-electron chi connectivity index (χ2n) is 6.50. The summed E-state index contributed by atoms with van der Waals surface area (Å²) < 4.78 is 0. The van der Waals surface area contributed by atoms with E-state index in [4.69, 9.17) is 0 Å². The number of aryl methyl sites for hydroxylation is 1. The van der Waals surface area contributed by atoms with Gasteiger partial charge in [-0.1, -0.05) is 12.8 Å². The lowest BCUT2D eigenvalue weighted by atomic mass is 9.77. The molecule has 1 aromatic rings. The van der Waals surface area contributed by atoms with Crippen LogP contribution in [0.2, 0.25) is 0 Å². The SMILES string of the molecule is Cc1cc(C(=O)N2CCC3(CCCC3)CC2)ccc1O. The Hall–Kier alpha value is -1.51. The predicted octanol–water partition coefficient (Wildman–Crippen LogP) is 3.50. The maximum absolute atomic E-state index is 12.5. The summed E-state index contributed by atoms with van der Waals surface area (Å²) >= 11 is 0. The molecule has 0 radical (unpaired) electrons. The van der Waals surface area contributed by atoms with Crippen molar-refractivity contribution < 1.29 is 9.90 Å². The van der Waals surface area contributed by atoms with Gasteiger partial charge in [-0.3, -0.25) is 4.79 Å². The third kappa shape index (κ3) is 2.41. The normalized spacial score (nSPS) is 21.4. The number of amides is 1. The average Bonchev–Trinajstić information content (AvgIpc) is 2.90. The number of hydrogen-bond donors (Lipinski definition) is 1. The van der Waals surface area contributed by atoms with Crippen molar-refractivity contribution in [1.29, 1.82) is 0 Å². The van der Waals surface area contributed by atoms with Crippen molar-refractivity contribution in [1.82, 2.24) is 4.90 Å². The van der Waals surface area contributed by atoms with E-state index in [1.54, 1.807) is 18.2 Å². The van der Waals surface area contributed by atoms with Crippen LogP contribution >= 0.6 is 0 Å². The van der Waals surface area contributed by atoms with Crippen molar-refractivity contribution >= 4 is 5.91 Å². The number of carbonyl (C=O) groups is 1. The summed E-state index contributed by atoms with van der Waals surface area (Å²) in [5.74, 6) is 0.367. The second-order valence-corrected chi connectivity index (χ2v) is 6.50. The van der Waals surface area contributed by atoms with E-state index in [0.717, 1.165) is 31.5 Å². The van der Waals surface area contributed by atoms with E-state index in [2.05, 4.69) is 0 Å². The Labute approximate surface area is 120 Å². The molecule has 0 aromatic heterocycles. The Kier molecular flexibility index (Phi) is 3.45. The lowest BCUT2D eigenvalue weighted by Crippen LogP contribution is -2.42. The zero-order chi connectivity index (χ0) is 14.2. The molecular weight excluding hydrogens is 250 g/mol. The molecule has 1 saturated carbocycles. The zero-order valence-electron chi connectivity index (χ0n) is 12.2. The van der Waals surface area contributed by atoms with Crippen LogP contribution in [0.5, 0.6) is 5.75 Å². The van der Waals surface area contributed by atoms with Gasteiger partial charge in [-0.25, -0.2) is 0 Å². The van der Waals surface area contributed by atoms with Crippen LogP contribution in [0, 0.1) is 12.3 Å². The largest absolute Gasteiger partial charge is 0.508 e. The monoisotopic (exact) mass is 273 g/mol. The molecule has 108 valence electrons. The number of rotatable bonds is 1. The number of likely N-dealkylation sites (tertiary alicyclic amines) is 1. The number of aromatic hydroxyl groups is 1. The molecule has 1 heterocycles. The first kappa shape index (κ1) is 13.5. The minimum absolute atomic E-state index is 0.112. The van der Waals surface area contributed by atoms with Crippen LogP contribution in [0.15, 0.2) is 18.2 Å². The number of phenols is 1. The summed E-state index contributed by atoms with van der Waals surface area (Å²) in [7, 11) is 0. The summed E-state index contributed by atoms with van der Waals surface area (Å²) in [5.41, 5.74) is 2.00. The molecule has 1 aromatic carbocycles. The smallest absolute Gasteiger partial charge is 0.253 e. The van der Waals surface area contributed by atoms with Gasteiger partial charge in [0, 0.05) is 18.7 Å². The zero-order valence-corrected chi connectivity index (χ0v) is 12.2. The molecule has 3 rings (SSSR count). The minimum atomic E-state index is 0.112. The molecule has 1 aliphatic heterocycles. The van der Waals surface area contributed by atoms with E-state index in [0.29, 0.717) is 11.0 Å². The van der Waals surface area contributed by atoms with Gasteiger partial charge in [0.2, 0.25) is 0 Å². The molecule has 2 aliphatic rings. The van der Waals surface area contributed by atoms with E-state index in [1.807, 2.05) is 11.8 Å². The molecule has 3 heteroatoms. The van der Waals surface area contributed by atoms with Gasteiger partial charge in [0.1, 0.15) is 5.75 Å². The standard InChI is InChI=1S/C17H23NO2/c1-13-12-14(4-5-15(13)19)16(20)18-10-8-17(9-11-18)6-2-3-7-17/h4-5,12,19H,2-3,6-11H2,1H3. The summed E-state index contributed by atoms with van der Waals surface area (Å²) in [6.07, 6.45) is 7.77. The molecule has 0 unspecified atom stereocenters. The van der Waals surface area contributed by atoms with E-state index >= 15 is 0 Å². The Balaban J connectivity index is 1.68. The Morgan fingerprint density at radius 1 is 1.15 bits per heavy atom. The minimum Gasteiger partial charge on any atom is -0.508 e. The molecular formula is C17H23NO2. The van der Waals surface area contributed by atoms with Crippen LogP contribution in [0.4, 0.5) is 0 Å². The maximum atomic E-state index is 12.5. The van der Waals surface area contributed by atoms with Gasteiger partial charge in [0.15, 0.2) is 0 Å². The van der Waals surface area contributed by atoms with Gasteiger partial charge in [0.25, 0.3) is 5.91 Å². The van der Waals surface area contributed by atoms with Gasteiger partial charge >= 0.3 is 0 Å². The summed E-state index contributed by atoms with van der Waals surface area (Å²) in [4.78, 5) is 14.5. The number of piperidine rings is 1. The Morgan fingerprint density at radius 2 is 1.80 bits per heavy atom. The van der Waals surface area contributed by atoms with Gasteiger partial charge < -0.3 is 10.0 Å². The third-order valence-electron chi connectivity index (χ3n) is 5.22. The topological polar surface area (TPSA) is 40.5 Å². The fourth-order valence-corrected chi connectivity index (χ4v) is 3.78. The third-order valence-corrected chi connectivity index (χ3v) is 5.22. The molecule has 2 fully saturated rings. The quantitative estimate of drug-likeness (QED) is 0.850. The van der Waals surface area contributed by atoms with Crippen LogP contribution in [-0.2, 0) is 0 Å². The molecule has 0 atom stereocenters. The predicted molar refractivity (Wildman–Crippen MR) is 78.9 cm³/mol. The first-order valence-electron chi connectivity index (χ1n) is 7.69. The van der Waals surface area contributed by atoms with Crippen LogP contribution in [0.25, 0.3) is 0 Å². The average molecular weight is 273 g/mol. The van der Waals surface area contributed by atoms with Gasteiger partial charge in [-0.05, 0) is 61.8 Å². The highest BCUT2D eigenvalue weighted by Gasteiger charge is 2.38. The fraction of sp³-hybridized carbons (Fsp3) is 0.588. The molecule has 3 nitrogen and oxygen atoms in total. The van der Waals surface area contributed by atoms with E-state index < -0.39 is 0 Å². The van der Waals surface area contributed by atoms with Crippen molar-refractivity contribution in [2.75, 3.05) is 13.1 Å². The highest BCUT2D eigenvalue weighted by Crippen LogP contribution is 2.46. The van der Waals surface area contributed by atoms with E-state index in [1.165, 1.54) is 25.7 Å². The first-order chi connectivity index (χ1) is 9.60. The number of benzene rings is 1. The van der Waals surface area contributed by atoms with Crippen molar-refractivity contribution in [3.8, 4) is 5.75 Å². The van der Waals surface area contributed by atoms with E-state index in [9.17, 15) is 9.90 Å². The summed E-state index contributed by atoms with van der Waals surface area (Å²) in [6.45, 7) is 3.60. The molecule has 1 amide bonds. The number of carbonyl (C=O) groups excluding carboxylic acids is 1. The molecule has 1 saturated heterocycles. The lowest BCUT2D eigenvalue weighted by molar-refractivity contribution is 0.0587. The van der Waals surface area contributed by atoms with Crippen molar-refractivity contribution in [2.45, 2.75) is 45.4 Å². The van der Waals surface area contributed by atoms with Gasteiger partial charge in [0.05, 0.1) is 0 Å². The van der Waals surface area contributed by atoms with Crippen LogP contribution in [-0.4, -0.2) is 29.0 Å². The van der Waals surface area contributed by atoms with Crippen LogP contribution in [0.3, 0.4) is 0 Å². The lowest BCUT2D eigenvalue weighted by Gasteiger charge is -2.39. The number of hydrogen-bond acceptors (Lipinski definition) is 2. The second kappa shape index (κ2) is 5.12. The van der Waals surface area contributed by atoms with E-state index in [-0.39, 0.29) is 11.7 Å². The van der Waals surface area contributed by atoms with Crippen LogP contribution in [0.1, 0.15) is 54.4 Å². The van der Waals surface area contributed by atoms with Crippen molar-refractivity contribution in [3.05, 3.63) is 29.3 Å². The first-order valence-corrected chi connectivity index (χ1v) is 7.69. The maximum Gasteiger partial charge on any atom is 0.253 e. The molecule has 1 spiro atoms. The highest BCUT2D eigenvalue weighted by molar-refractivity contribution is 5.94. The molecule has 1 aliphatic carbocycles. The fourth-order valence-electron chi connectivity index (χ4n) is 3.78. The van der Waals surface area contributed by atoms with Gasteiger partial charge in [-0.15, -0.1) is 0 Å². The van der Waals surface area contributed by atoms with Crippen LogP contribution < -0.4 is 0 Å².